The fourth-order valence-electron chi connectivity index (χ4n) is 1.44. The molecule has 0 bridgehead atoms. The number of alkyl halides is 2. The molecule has 0 amide bonds. The van der Waals surface area contributed by atoms with Crippen molar-refractivity contribution in [1.29, 1.82) is 0 Å². The highest BCUT2D eigenvalue weighted by atomic mass is 19.3. The third kappa shape index (κ3) is 2.20. The summed E-state index contributed by atoms with van der Waals surface area (Å²) in [4.78, 5) is 10.7. The zero-order valence-electron chi connectivity index (χ0n) is 9.85. The molecule has 0 aliphatic rings. The molecule has 1 aromatic rings. The molecule has 0 aromatic heterocycles. The van der Waals surface area contributed by atoms with Gasteiger partial charge in [-0.2, -0.15) is 8.78 Å². The minimum absolute atomic E-state index is 0.234. The molecule has 0 saturated heterocycles. The van der Waals surface area contributed by atoms with Crippen LogP contribution in [0, 0.1) is 5.82 Å². The maximum atomic E-state index is 14.2. The van der Waals surface area contributed by atoms with Crippen LogP contribution in [-0.4, -0.2) is 18.9 Å². The van der Waals surface area contributed by atoms with E-state index in [1.807, 2.05) is 0 Å². The highest BCUT2D eigenvalue weighted by molar-refractivity contribution is 5.78. The van der Waals surface area contributed by atoms with Gasteiger partial charge >= 0.3 is 0 Å². The van der Waals surface area contributed by atoms with Crippen molar-refractivity contribution in [3.05, 3.63) is 35.1 Å². The number of benzene rings is 1. The molecule has 0 fully saturated rings. The summed E-state index contributed by atoms with van der Waals surface area (Å²) in [6.07, 6.45) is 0.234. The third-order valence-electron chi connectivity index (χ3n) is 2.90. The largest absolute Gasteiger partial charge is 0.309 e. The normalized spacial score (nSPS) is 12.6. The van der Waals surface area contributed by atoms with Crippen molar-refractivity contribution in [1.82, 2.24) is 5.32 Å². The fourth-order valence-corrected chi connectivity index (χ4v) is 1.44. The lowest BCUT2D eigenvalue weighted by molar-refractivity contribution is -0.0831. The summed E-state index contributed by atoms with van der Waals surface area (Å²) in [6.45, 7) is 2.49. The predicted molar refractivity (Wildman–Crippen MR) is 58.8 cm³/mol. The Labute approximate surface area is 97.8 Å². The van der Waals surface area contributed by atoms with Gasteiger partial charge < -0.3 is 5.32 Å². The van der Waals surface area contributed by atoms with Crippen molar-refractivity contribution >= 4 is 6.29 Å². The molecule has 1 aromatic carbocycles. The Morgan fingerprint density at radius 2 is 1.88 bits per heavy atom. The standard InChI is InChI=1S/C12H14F3NO/c1-11(2,16-3)12(14,15)10-8(7-17)5-4-6-9(10)13/h4-7,16H,1-3H3. The van der Waals surface area contributed by atoms with Gasteiger partial charge in [0.1, 0.15) is 5.82 Å². The summed E-state index contributed by atoms with van der Waals surface area (Å²) in [6, 6.07) is 3.32. The molecular weight excluding hydrogens is 231 g/mol. The van der Waals surface area contributed by atoms with Gasteiger partial charge in [0.2, 0.25) is 0 Å². The Balaban J connectivity index is 3.47. The smallest absolute Gasteiger partial charge is 0.293 e. The van der Waals surface area contributed by atoms with E-state index >= 15 is 0 Å². The van der Waals surface area contributed by atoms with Crippen LogP contribution in [0.4, 0.5) is 13.2 Å². The van der Waals surface area contributed by atoms with Gasteiger partial charge in [-0.15, -0.1) is 0 Å². The number of carbonyl (C=O) groups excluding carboxylic acids is 1. The predicted octanol–water partition coefficient (Wildman–Crippen LogP) is 2.73. The van der Waals surface area contributed by atoms with Crippen LogP contribution in [0.15, 0.2) is 18.2 Å². The Morgan fingerprint density at radius 3 is 2.35 bits per heavy atom. The van der Waals surface area contributed by atoms with Crippen LogP contribution in [0.5, 0.6) is 0 Å². The second-order valence-electron chi connectivity index (χ2n) is 4.27. The second kappa shape index (κ2) is 4.49. The molecule has 5 heteroatoms. The molecule has 0 aliphatic heterocycles. The van der Waals surface area contributed by atoms with Crippen molar-refractivity contribution in [3.8, 4) is 0 Å². The lowest BCUT2D eigenvalue weighted by atomic mass is 9.87. The van der Waals surface area contributed by atoms with E-state index in [9.17, 15) is 18.0 Å². The highest BCUT2D eigenvalue weighted by Crippen LogP contribution is 2.41. The second-order valence-corrected chi connectivity index (χ2v) is 4.27. The van der Waals surface area contributed by atoms with Gasteiger partial charge in [-0.05, 0) is 27.0 Å². The molecular formula is C12H14F3NO. The van der Waals surface area contributed by atoms with Crippen LogP contribution in [0.25, 0.3) is 0 Å². The first kappa shape index (κ1) is 13.7. The monoisotopic (exact) mass is 245 g/mol. The number of likely N-dealkylation sites (N-methyl/N-ethyl adjacent to an activating group) is 1. The van der Waals surface area contributed by atoms with E-state index < -0.39 is 22.8 Å². The van der Waals surface area contributed by atoms with Gasteiger partial charge in [0, 0.05) is 5.56 Å². The van der Waals surface area contributed by atoms with Crippen molar-refractivity contribution in [2.75, 3.05) is 7.05 Å². The van der Waals surface area contributed by atoms with E-state index in [1.54, 1.807) is 0 Å². The lowest BCUT2D eigenvalue weighted by Gasteiger charge is -2.34. The number of aldehydes is 1. The summed E-state index contributed by atoms with van der Waals surface area (Å²) in [5.41, 5.74) is -2.86. The Morgan fingerprint density at radius 1 is 1.29 bits per heavy atom. The van der Waals surface area contributed by atoms with E-state index in [4.69, 9.17) is 0 Å². The molecule has 94 valence electrons. The summed E-state index contributed by atoms with van der Waals surface area (Å²) in [7, 11) is 1.36. The van der Waals surface area contributed by atoms with Crippen LogP contribution in [-0.2, 0) is 5.92 Å². The number of carbonyl (C=O) groups is 1. The van der Waals surface area contributed by atoms with Crippen molar-refractivity contribution < 1.29 is 18.0 Å². The molecule has 2 nitrogen and oxygen atoms in total. The first-order chi connectivity index (χ1) is 7.78. The van der Waals surface area contributed by atoms with Crippen LogP contribution in [0.3, 0.4) is 0 Å². The fraction of sp³-hybridized carbons (Fsp3) is 0.417. The van der Waals surface area contributed by atoms with Gasteiger partial charge in [0.05, 0.1) is 11.1 Å². The summed E-state index contributed by atoms with van der Waals surface area (Å²) in [5.74, 6) is -4.58. The minimum Gasteiger partial charge on any atom is -0.309 e. The summed E-state index contributed by atoms with van der Waals surface area (Å²) >= 11 is 0. The van der Waals surface area contributed by atoms with Crippen LogP contribution < -0.4 is 5.32 Å². The van der Waals surface area contributed by atoms with Crippen LogP contribution >= 0.6 is 0 Å². The maximum Gasteiger partial charge on any atom is 0.293 e. The molecule has 0 spiro atoms. The summed E-state index contributed by atoms with van der Waals surface area (Å²) in [5, 5.41) is 2.43. The number of halogens is 3. The Bertz CT molecular complexity index is 430. The van der Waals surface area contributed by atoms with E-state index in [-0.39, 0.29) is 11.8 Å². The van der Waals surface area contributed by atoms with E-state index in [0.717, 1.165) is 6.07 Å². The number of nitrogens with one attached hydrogen (secondary N) is 1. The summed E-state index contributed by atoms with van der Waals surface area (Å²) < 4.78 is 41.9. The molecule has 1 N–H and O–H groups in total. The number of rotatable bonds is 4. The maximum absolute atomic E-state index is 14.2. The molecule has 17 heavy (non-hydrogen) atoms. The van der Waals surface area contributed by atoms with Crippen molar-refractivity contribution in [2.45, 2.75) is 25.3 Å². The average Bonchev–Trinajstić information content (AvgIpc) is 2.27. The molecule has 0 unspecified atom stereocenters. The van der Waals surface area contributed by atoms with E-state index in [2.05, 4.69) is 5.32 Å². The third-order valence-corrected chi connectivity index (χ3v) is 2.90. The molecule has 0 saturated carbocycles. The molecule has 1 rings (SSSR count). The van der Waals surface area contributed by atoms with Gasteiger partial charge in [-0.3, -0.25) is 4.79 Å². The molecule has 0 heterocycles. The quantitative estimate of drug-likeness (QED) is 0.826. The number of hydrogen-bond acceptors (Lipinski definition) is 2. The van der Waals surface area contributed by atoms with Crippen LogP contribution in [0.1, 0.15) is 29.8 Å². The zero-order valence-corrected chi connectivity index (χ0v) is 9.85. The Hall–Kier alpha value is -1.36. The van der Waals surface area contributed by atoms with Crippen molar-refractivity contribution in [3.63, 3.8) is 0 Å². The van der Waals surface area contributed by atoms with E-state index in [1.165, 1.54) is 33.0 Å². The van der Waals surface area contributed by atoms with Gasteiger partial charge in [0.25, 0.3) is 5.92 Å². The molecule has 0 atom stereocenters. The number of hydrogen-bond donors (Lipinski definition) is 1. The van der Waals surface area contributed by atoms with Crippen molar-refractivity contribution in [2.24, 2.45) is 0 Å². The SMILES string of the molecule is CNC(C)(C)C(F)(F)c1c(F)cccc1C=O. The lowest BCUT2D eigenvalue weighted by Crippen LogP contribution is -2.51. The topological polar surface area (TPSA) is 29.1 Å². The minimum atomic E-state index is -3.50. The molecule has 0 radical (unpaired) electrons. The Kier molecular flexibility index (Phi) is 3.62. The first-order valence-electron chi connectivity index (χ1n) is 5.09. The molecule has 0 aliphatic carbocycles. The highest BCUT2D eigenvalue weighted by Gasteiger charge is 2.50. The van der Waals surface area contributed by atoms with Crippen LogP contribution in [0.2, 0.25) is 0 Å². The van der Waals surface area contributed by atoms with Gasteiger partial charge in [0.15, 0.2) is 6.29 Å². The first-order valence-corrected chi connectivity index (χ1v) is 5.09. The van der Waals surface area contributed by atoms with Gasteiger partial charge in [-0.25, -0.2) is 4.39 Å². The van der Waals surface area contributed by atoms with Gasteiger partial charge in [-0.1, -0.05) is 12.1 Å². The van der Waals surface area contributed by atoms with E-state index in [0.29, 0.717) is 0 Å². The zero-order chi connectivity index (χ0) is 13.3. The average molecular weight is 245 g/mol.